The molecule has 0 saturated heterocycles. The number of ether oxygens (including phenoxy) is 1. The van der Waals surface area contributed by atoms with Crippen LogP contribution in [0.1, 0.15) is 63.0 Å². The molecule has 0 radical (unpaired) electrons. The monoisotopic (exact) mass is 400 g/mol. The fourth-order valence-corrected chi connectivity index (χ4v) is 6.21. The maximum atomic E-state index is 12.6. The summed E-state index contributed by atoms with van der Waals surface area (Å²) >= 11 is 0. The fraction of sp³-hybridized carbons (Fsp3) is 0.615. The Bertz CT molecular complexity index is 749. The number of aryl methyl sites for hydroxylation is 1. The Morgan fingerprint density at radius 3 is 2.52 bits per heavy atom. The average molecular weight is 401 g/mol. The number of halogens is 2. The van der Waals surface area contributed by atoms with Gasteiger partial charge in [0.05, 0.1) is 0 Å². The lowest BCUT2D eigenvalue weighted by molar-refractivity contribution is 0.0802. The van der Waals surface area contributed by atoms with E-state index in [4.69, 9.17) is 4.74 Å². The second-order valence-corrected chi connectivity index (χ2v) is 9.44. The van der Waals surface area contributed by atoms with Gasteiger partial charge in [-0.3, -0.25) is 0 Å². The van der Waals surface area contributed by atoms with Crippen LogP contribution in [0, 0.1) is 29.6 Å². The first-order valence-corrected chi connectivity index (χ1v) is 11.5. The number of benzene rings is 1. The summed E-state index contributed by atoms with van der Waals surface area (Å²) < 4.78 is 31.1. The highest BCUT2D eigenvalue weighted by molar-refractivity contribution is 5.37. The van der Waals surface area contributed by atoms with E-state index in [0.717, 1.165) is 49.2 Å². The topological polar surface area (TPSA) is 9.23 Å². The van der Waals surface area contributed by atoms with Gasteiger partial charge in [0, 0.05) is 0 Å². The molecule has 4 rings (SSSR count). The molecule has 0 spiro atoms. The first-order chi connectivity index (χ1) is 14.1. The van der Waals surface area contributed by atoms with Crippen molar-refractivity contribution in [1.82, 2.24) is 0 Å². The van der Waals surface area contributed by atoms with E-state index >= 15 is 0 Å². The van der Waals surface area contributed by atoms with Crippen molar-refractivity contribution < 1.29 is 13.5 Å². The average Bonchev–Trinajstić information content (AvgIpc) is 2.73. The van der Waals surface area contributed by atoms with Crippen LogP contribution in [0.2, 0.25) is 0 Å². The molecule has 5 atom stereocenters. The Morgan fingerprint density at radius 1 is 0.966 bits per heavy atom. The molecular weight excluding hydrogens is 366 g/mol. The minimum atomic E-state index is -1.49. The van der Waals surface area contributed by atoms with Crippen molar-refractivity contribution >= 4 is 0 Å². The Balaban J connectivity index is 1.33. The molecule has 1 aromatic rings. The minimum absolute atomic E-state index is 0.114. The summed E-state index contributed by atoms with van der Waals surface area (Å²) in [5.74, 6) is 4.15. The van der Waals surface area contributed by atoms with Gasteiger partial charge in [-0.2, -0.15) is 8.78 Å². The van der Waals surface area contributed by atoms with Gasteiger partial charge in [-0.25, -0.2) is 0 Å². The number of fused-ring (bicyclic) bond motifs is 2. The zero-order chi connectivity index (χ0) is 20.2. The van der Waals surface area contributed by atoms with Crippen LogP contribution in [-0.2, 0) is 12.8 Å². The zero-order valence-corrected chi connectivity index (χ0v) is 17.6. The highest BCUT2D eigenvalue weighted by Crippen LogP contribution is 2.48. The summed E-state index contributed by atoms with van der Waals surface area (Å²) in [6.07, 6.45) is 14.4. The molecule has 0 amide bonds. The van der Waals surface area contributed by atoms with Crippen LogP contribution >= 0.6 is 0 Å². The molecule has 0 N–H and O–H groups in total. The molecule has 1 nitrogen and oxygen atoms in total. The summed E-state index contributed by atoms with van der Waals surface area (Å²) in [5.41, 5.74) is 2.97. The molecule has 29 heavy (non-hydrogen) atoms. The van der Waals surface area contributed by atoms with Crippen molar-refractivity contribution in [2.45, 2.75) is 64.7 Å². The van der Waals surface area contributed by atoms with Gasteiger partial charge in [-0.05, 0) is 124 Å². The van der Waals surface area contributed by atoms with Crippen molar-refractivity contribution in [1.29, 1.82) is 0 Å². The number of hydrogen-bond acceptors (Lipinski definition) is 1. The molecule has 3 heteroatoms. The van der Waals surface area contributed by atoms with Gasteiger partial charge in [0.25, 0.3) is 6.08 Å². The van der Waals surface area contributed by atoms with Crippen molar-refractivity contribution in [2.24, 2.45) is 29.6 Å². The first kappa shape index (κ1) is 20.6. The van der Waals surface area contributed by atoms with Crippen molar-refractivity contribution in [3.05, 3.63) is 53.6 Å². The lowest BCUT2D eigenvalue weighted by atomic mass is 9.61. The molecule has 2 saturated carbocycles. The molecule has 0 heterocycles. The first-order valence-electron chi connectivity index (χ1n) is 11.5. The molecule has 5 unspecified atom stereocenters. The van der Waals surface area contributed by atoms with Crippen LogP contribution < -0.4 is 4.74 Å². The standard InChI is InChI=1S/C26H34F2O/c1-2-3-12-29-25-11-10-23-16-22(8-9-24(23)17-25)21-7-6-19-13-18(14-26(27)28)4-5-20(19)15-21/h2-3,10-11,14,17-22H,4-9,12-13,15-16H2,1H3/b3-2+. The third kappa shape index (κ3) is 5.10. The number of rotatable bonds is 5. The molecule has 158 valence electrons. The summed E-state index contributed by atoms with van der Waals surface area (Å²) in [4.78, 5) is 0. The van der Waals surface area contributed by atoms with Gasteiger partial charge >= 0.3 is 0 Å². The van der Waals surface area contributed by atoms with E-state index in [1.807, 2.05) is 19.1 Å². The third-order valence-corrected chi connectivity index (χ3v) is 7.75. The van der Waals surface area contributed by atoms with E-state index in [9.17, 15) is 8.78 Å². The molecule has 2 fully saturated rings. The van der Waals surface area contributed by atoms with Gasteiger partial charge in [-0.1, -0.05) is 18.2 Å². The largest absolute Gasteiger partial charge is 0.490 e. The van der Waals surface area contributed by atoms with E-state index in [1.165, 1.54) is 49.3 Å². The van der Waals surface area contributed by atoms with Crippen LogP contribution in [0.3, 0.4) is 0 Å². The molecule has 3 aliphatic rings. The van der Waals surface area contributed by atoms with Gasteiger partial charge in [0.2, 0.25) is 0 Å². The van der Waals surface area contributed by atoms with E-state index in [1.54, 1.807) is 0 Å². The smallest absolute Gasteiger partial charge is 0.266 e. The zero-order valence-electron chi connectivity index (χ0n) is 17.6. The van der Waals surface area contributed by atoms with Crippen molar-refractivity contribution in [3.8, 4) is 5.75 Å². The summed E-state index contributed by atoms with van der Waals surface area (Å²) in [7, 11) is 0. The molecule has 1 aromatic carbocycles. The van der Waals surface area contributed by atoms with Gasteiger partial charge in [0.1, 0.15) is 12.4 Å². The van der Waals surface area contributed by atoms with E-state index in [0.29, 0.717) is 12.5 Å². The van der Waals surface area contributed by atoms with Crippen molar-refractivity contribution in [3.63, 3.8) is 0 Å². The van der Waals surface area contributed by atoms with E-state index in [-0.39, 0.29) is 5.92 Å². The van der Waals surface area contributed by atoms with E-state index in [2.05, 4.69) is 18.2 Å². The maximum Gasteiger partial charge on any atom is 0.266 e. The Hall–Kier alpha value is -1.64. The number of allylic oxidation sites excluding steroid dienone is 2. The lowest BCUT2D eigenvalue weighted by Gasteiger charge is -2.44. The predicted molar refractivity (Wildman–Crippen MR) is 114 cm³/mol. The number of hydrogen-bond donors (Lipinski definition) is 0. The molecule has 0 aliphatic heterocycles. The minimum Gasteiger partial charge on any atom is -0.490 e. The Kier molecular flexibility index (Phi) is 6.72. The van der Waals surface area contributed by atoms with Crippen molar-refractivity contribution in [2.75, 3.05) is 6.61 Å². The molecule has 3 aliphatic carbocycles. The highest BCUT2D eigenvalue weighted by Gasteiger charge is 2.38. The van der Waals surface area contributed by atoms with Crippen LogP contribution in [0.4, 0.5) is 8.78 Å². The normalized spacial score (nSPS) is 31.8. The Labute approximate surface area is 174 Å². The fourth-order valence-electron chi connectivity index (χ4n) is 6.21. The summed E-state index contributed by atoms with van der Waals surface area (Å²) in [6, 6.07) is 6.65. The summed E-state index contributed by atoms with van der Waals surface area (Å²) in [5, 5.41) is 0. The molecule has 0 bridgehead atoms. The third-order valence-electron chi connectivity index (χ3n) is 7.75. The highest BCUT2D eigenvalue weighted by atomic mass is 19.3. The molecule has 0 aromatic heterocycles. The summed E-state index contributed by atoms with van der Waals surface area (Å²) in [6.45, 7) is 2.65. The second-order valence-electron chi connectivity index (χ2n) is 9.44. The van der Waals surface area contributed by atoms with Gasteiger partial charge in [-0.15, -0.1) is 0 Å². The van der Waals surface area contributed by atoms with Crippen LogP contribution in [0.25, 0.3) is 0 Å². The lowest BCUT2D eigenvalue weighted by Crippen LogP contribution is -2.34. The Morgan fingerprint density at radius 2 is 1.72 bits per heavy atom. The van der Waals surface area contributed by atoms with E-state index < -0.39 is 6.08 Å². The van der Waals surface area contributed by atoms with Gasteiger partial charge in [0.15, 0.2) is 0 Å². The second kappa shape index (κ2) is 9.45. The van der Waals surface area contributed by atoms with Gasteiger partial charge < -0.3 is 4.74 Å². The molecular formula is C26H34F2O. The maximum absolute atomic E-state index is 12.6. The van der Waals surface area contributed by atoms with Crippen LogP contribution in [0.5, 0.6) is 5.75 Å². The predicted octanol–water partition coefficient (Wildman–Crippen LogP) is 7.36. The van der Waals surface area contributed by atoms with Crippen LogP contribution in [-0.4, -0.2) is 6.61 Å². The van der Waals surface area contributed by atoms with Crippen LogP contribution in [0.15, 0.2) is 42.5 Å². The SMILES string of the molecule is C/C=C/COc1ccc2c(c1)CCC(C1CCC3CC(C=C(F)F)CCC3C1)C2. The quantitative estimate of drug-likeness (QED) is 0.469.